The highest BCUT2D eigenvalue weighted by Gasteiger charge is 2.23. The standard InChI is InChI=1S/C16H30N2O3/c1-13(18-8-4-2-3-5-9-18)16(20)17-10-15(19)12-21-11-14-6-7-14/h13-15,19H,2-12H2,1H3,(H,17,20). The number of carbonyl (C=O) groups excluding carboxylic acids is 1. The van der Waals surface area contributed by atoms with Gasteiger partial charge in [-0.3, -0.25) is 9.69 Å². The van der Waals surface area contributed by atoms with Crippen LogP contribution in [-0.4, -0.2) is 60.9 Å². The minimum absolute atomic E-state index is 0.0122. The van der Waals surface area contributed by atoms with Crippen LogP contribution in [0.25, 0.3) is 0 Å². The normalized spacial score (nSPS) is 23.3. The van der Waals surface area contributed by atoms with E-state index in [2.05, 4.69) is 10.2 Å². The van der Waals surface area contributed by atoms with E-state index in [0.29, 0.717) is 12.5 Å². The third kappa shape index (κ3) is 6.32. The van der Waals surface area contributed by atoms with Gasteiger partial charge in [0, 0.05) is 13.2 Å². The van der Waals surface area contributed by atoms with Crippen molar-refractivity contribution in [3.63, 3.8) is 0 Å². The van der Waals surface area contributed by atoms with Crippen LogP contribution in [0.4, 0.5) is 0 Å². The molecule has 122 valence electrons. The van der Waals surface area contributed by atoms with Gasteiger partial charge in [-0.1, -0.05) is 12.8 Å². The quantitative estimate of drug-likeness (QED) is 0.706. The first-order valence-corrected chi connectivity index (χ1v) is 8.44. The number of hydrogen-bond acceptors (Lipinski definition) is 4. The van der Waals surface area contributed by atoms with Crippen LogP contribution in [-0.2, 0) is 9.53 Å². The summed E-state index contributed by atoms with van der Waals surface area (Å²) in [6, 6.07) is -0.109. The molecule has 2 aliphatic rings. The molecule has 5 heteroatoms. The maximum absolute atomic E-state index is 12.1. The van der Waals surface area contributed by atoms with Crippen LogP contribution in [0, 0.1) is 5.92 Å². The zero-order valence-corrected chi connectivity index (χ0v) is 13.2. The predicted molar refractivity (Wildman–Crippen MR) is 82.1 cm³/mol. The topological polar surface area (TPSA) is 61.8 Å². The van der Waals surface area contributed by atoms with Gasteiger partial charge in [-0.05, 0) is 51.6 Å². The highest BCUT2D eigenvalue weighted by atomic mass is 16.5. The molecule has 1 saturated heterocycles. The molecule has 1 amide bonds. The number of hydrogen-bond donors (Lipinski definition) is 2. The van der Waals surface area contributed by atoms with Crippen molar-refractivity contribution in [1.82, 2.24) is 10.2 Å². The van der Waals surface area contributed by atoms with Crippen molar-refractivity contribution >= 4 is 5.91 Å². The number of aliphatic hydroxyl groups is 1. The molecule has 2 unspecified atom stereocenters. The SMILES string of the molecule is CC(C(=O)NCC(O)COCC1CC1)N1CCCCCC1. The number of amides is 1. The van der Waals surface area contributed by atoms with Crippen LogP contribution in [0.5, 0.6) is 0 Å². The molecule has 1 aliphatic carbocycles. The summed E-state index contributed by atoms with van der Waals surface area (Å²) in [5.74, 6) is 0.716. The maximum Gasteiger partial charge on any atom is 0.237 e. The number of likely N-dealkylation sites (tertiary alicyclic amines) is 1. The lowest BCUT2D eigenvalue weighted by Gasteiger charge is -2.27. The molecule has 5 nitrogen and oxygen atoms in total. The molecule has 1 aliphatic heterocycles. The maximum atomic E-state index is 12.1. The molecule has 0 aromatic carbocycles. The van der Waals surface area contributed by atoms with E-state index in [1.807, 2.05) is 6.92 Å². The summed E-state index contributed by atoms with van der Waals surface area (Å²) >= 11 is 0. The average Bonchev–Trinajstić information content (AvgIpc) is 3.30. The van der Waals surface area contributed by atoms with Crippen LogP contribution in [0.15, 0.2) is 0 Å². The van der Waals surface area contributed by atoms with Crippen molar-refractivity contribution in [2.45, 2.75) is 57.6 Å². The third-order valence-electron chi connectivity index (χ3n) is 4.44. The van der Waals surface area contributed by atoms with Gasteiger partial charge in [0.05, 0.1) is 18.8 Å². The van der Waals surface area contributed by atoms with Crippen LogP contribution in [0.3, 0.4) is 0 Å². The summed E-state index contributed by atoms with van der Waals surface area (Å²) in [6.45, 7) is 5.30. The van der Waals surface area contributed by atoms with Gasteiger partial charge in [0.1, 0.15) is 0 Å². The fourth-order valence-electron chi connectivity index (χ4n) is 2.73. The zero-order chi connectivity index (χ0) is 15.1. The van der Waals surface area contributed by atoms with Gasteiger partial charge in [-0.25, -0.2) is 0 Å². The van der Waals surface area contributed by atoms with Gasteiger partial charge in [-0.2, -0.15) is 0 Å². The summed E-state index contributed by atoms with van der Waals surface area (Å²) in [7, 11) is 0. The Hall–Kier alpha value is -0.650. The van der Waals surface area contributed by atoms with Crippen LogP contribution >= 0.6 is 0 Å². The first kappa shape index (κ1) is 16.7. The monoisotopic (exact) mass is 298 g/mol. The number of carbonyl (C=O) groups is 1. The van der Waals surface area contributed by atoms with Crippen molar-refractivity contribution in [2.24, 2.45) is 5.92 Å². The van der Waals surface area contributed by atoms with Crippen molar-refractivity contribution < 1.29 is 14.6 Å². The van der Waals surface area contributed by atoms with Gasteiger partial charge >= 0.3 is 0 Å². The van der Waals surface area contributed by atoms with Crippen molar-refractivity contribution in [1.29, 1.82) is 0 Å². The summed E-state index contributed by atoms with van der Waals surface area (Å²) in [4.78, 5) is 14.4. The molecule has 0 aromatic rings. The van der Waals surface area contributed by atoms with Crippen LogP contribution < -0.4 is 5.32 Å². The molecule has 0 spiro atoms. The van der Waals surface area contributed by atoms with Gasteiger partial charge in [-0.15, -0.1) is 0 Å². The van der Waals surface area contributed by atoms with E-state index in [1.165, 1.54) is 38.5 Å². The molecule has 2 N–H and O–H groups in total. The minimum Gasteiger partial charge on any atom is -0.389 e. The fraction of sp³-hybridized carbons (Fsp3) is 0.938. The Balaban J connectivity index is 1.60. The summed E-state index contributed by atoms with van der Waals surface area (Å²) in [5.41, 5.74) is 0. The molecule has 1 saturated carbocycles. The molecule has 1 heterocycles. The second-order valence-corrected chi connectivity index (χ2v) is 6.51. The third-order valence-corrected chi connectivity index (χ3v) is 4.44. The number of nitrogens with zero attached hydrogens (tertiary/aromatic N) is 1. The highest BCUT2D eigenvalue weighted by molar-refractivity contribution is 5.81. The van der Waals surface area contributed by atoms with Gasteiger partial charge in [0.2, 0.25) is 5.91 Å². The Labute approximate surface area is 128 Å². The van der Waals surface area contributed by atoms with Crippen molar-refractivity contribution in [3.8, 4) is 0 Å². The van der Waals surface area contributed by atoms with E-state index in [-0.39, 0.29) is 18.5 Å². The molecule has 0 radical (unpaired) electrons. The van der Waals surface area contributed by atoms with Crippen LogP contribution in [0.2, 0.25) is 0 Å². The number of nitrogens with one attached hydrogen (secondary N) is 1. The van der Waals surface area contributed by atoms with E-state index in [1.54, 1.807) is 0 Å². The fourth-order valence-corrected chi connectivity index (χ4v) is 2.73. The predicted octanol–water partition coefficient (Wildman–Crippen LogP) is 1.15. The van der Waals surface area contributed by atoms with E-state index < -0.39 is 6.10 Å². The zero-order valence-electron chi connectivity index (χ0n) is 13.2. The van der Waals surface area contributed by atoms with E-state index >= 15 is 0 Å². The Morgan fingerprint density at radius 1 is 1.29 bits per heavy atom. The van der Waals surface area contributed by atoms with E-state index in [0.717, 1.165) is 19.7 Å². The molecule has 2 rings (SSSR count). The lowest BCUT2D eigenvalue weighted by molar-refractivity contribution is -0.126. The molecule has 2 atom stereocenters. The molecular weight excluding hydrogens is 268 g/mol. The van der Waals surface area contributed by atoms with Crippen molar-refractivity contribution in [3.05, 3.63) is 0 Å². The van der Waals surface area contributed by atoms with Crippen molar-refractivity contribution in [2.75, 3.05) is 32.8 Å². The first-order chi connectivity index (χ1) is 10.2. The van der Waals surface area contributed by atoms with Gasteiger partial charge in [0.25, 0.3) is 0 Å². The first-order valence-electron chi connectivity index (χ1n) is 8.44. The lowest BCUT2D eigenvalue weighted by Crippen LogP contribution is -2.47. The van der Waals surface area contributed by atoms with E-state index in [9.17, 15) is 9.90 Å². The summed E-state index contributed by atoms with van der Waals surface area (Å²) < 4.78 is 5.43. The second-order valence-electron chi connectivity index (χ2n) is 6.51. The number of rotatable bonds is 8. The Morgan fingerprint density at radius 2 is 1.95 bits per heavy atom. The molecule has 21 heavy (non-hydrogen) atoms. The molecular formula is C16H30N2O3. The van der Waals surface area contributed by atoms with E-state index in [4.69, 9.17) is 4.74 Å². The second kappa shape index (κ2) is 8.71. The minimum atomic E-state index is -0.607. The Kier molecular flexibility index (Phi) is 6.93. The average molecular weight is 298 g/mol. The number of ether oxygens (including phenoxy) is 1. The van der Waals surface area contributed by atoms with Crippen LogP contribution in [0.1, 0.15) is 45.4 Å². The summed E-state index contributed by atoms with van der Waals surface area (Å²) in [5, 5.41) is 12.7. The Bertz CT molecular complexity index is 313. The Morgan fingerprint density at radius 3 is 2.57 bits per heavy atom. The van der Waals surface area contributed by atoms with Gasteiger partial charge in [0.15, 0.2) is 0 Å². The largest absolute Gasteiger partial charge is 0.389 e. The molecule has 0 aromatic heterocycles. The number of aliphatic hydroxyl groups excluding tert-OH is 1. The highest BCUT2D eigenvalue weighted by Crippen LogP contribution is 2.28. The lowest BCUT2D eigenvalue weighted by atomic mass is 10.2. The molecule has 0 bridgehead atoms. The smallest absolute Gasteiger partial charge is 0.237 e. The van der Waals surface area contributed by atoms with Gasteiger partial charge < -0.3 is 15.2 Å². The summed E-state index contributed by atoms with van der Waals surface area (Å²) in [6.07, 6.45) is 6.78. The molecule has 2 fully saturated rings.